The van der Waals surface area contributed by atoms with E-state index in [2.05, 4.69) is 10.6 Å². The molecule has 1 rings (SSSR count). The molecule has 0 atom stereocenters. The molecular formula is C7H10N2O2. The van der Waals surface area contributed by atoms with E-state index in [4.69, 9.17) is 0 Å². The number of carbonyl (C=O) groups excluding carboxylic acids is 2. The highest BCUT2D eigenvalue weighted by atomic mass is 16.2. The minimum Gasteiger partial charge on any atom is -0.390 e. The van der Waals surface area contributed by atoms with Crippen LogP contribution in [0.1, 0.15) is 6.42 Å². The van der Waals surface area contributed by atoms with Crippen molar-refractivity contribution >= 4 is 11.7 Å². The number of amides is 1. The Balaban J connectivity index is 2.75. The molecule has 4 heteroatoms. The van der Waals surface area contributed by atoms with Gasteiger partial charge in [-0.25, -0.2) is 0 Å². The van der Waals surface area contributed by atoms with Gasteiger partial charge in [-0.15, -0.1) is 0 Å². The van der Waals surface area contributed by atoms with E-state index in [1.165, 1.54) is 13.2 Å². The first-order valence-electron chi connectivity index (χ1n) is 3.44. The second-order valence-corrected chi connectivity index (χ2v) is 2.26. The number of rotatable bonds is 1. The van der Waals surface area contributed by atoms with Crippen molar-refractivity contribution in [2.75, 3.05) is 13.6 Å². The van der Waals surface area contributed by atoms with Gasteiger partial charge in [0.05, 0.1) is 5.57 Å². The van der Waals surface area contributed by atoms with Gasteiger partial charge in [-0.1, -0.05) is 0 Å². The lowest BCUT2D eigenvalue weighted by Gasteiger charge is -2.11. The largest absolute Gasteiger partial charge is 0.390 e. The molecule has 0 unspecified atom stereocenters. The summed E-state index contributed by atoms with van der Waals surface area (Å²) in [5, 5.41) is 5.23. The molecule has 0 fully saturated rings. The molecule has 0 bridgehead atoms. The Labute approximate surface area is 64.7 Å². The smallest absolute Gasteiger partial charge is 0.256 e. The number of hydrogen-bond acceptors (Lipinski definition) is 3. The molecule has 1 amide bonds. The predicted octanol–water partition coefficient (Wildman–Crippen LogP) is -0.821. The molecule has 1 aliphatic heterocycles. The third-order valence-electron chi connectivity index (χ3n) is 1.51. The topological polar surface area (TPSA) is 58.2 Å². The fourth-order valence-electron chi connectivity index (χ4n) is 0.902. The molecule has 0 aliphatic carbocycles. The highest BCUT2D eigenvalue weighted by molar-refractivity contribution is 6.19. The fourth-order valence-corrected chi connectivity index (χ4v) is 0.902. The third kappa shape index (κ3) is 1.58. The van der Waals surface area contributed by atoms with E-state index in [0.29, 0.717) is 13.0 Å². The van der Waals surface area contributed by atoms with Crippen LogP contribution in [-0.2, 0) is 9.59 Å². The summed E-state index contributed by atoms with van der Waals surface area (Å²) in [6.07, 6.45) is 1.86. The maximum atomic E-state index is 11.0. The molecule has 0 aromatic rings. The summed E-state index contributed by atoms with van der Waals surface area (Å²) in [7, 11) is 1.51. The Hall–Kier alpha value is -1.32. The van der Waals surface area contributed by atoms with Crippen molar-refractivity contribution in [2.45, 2.75) is 6.42 Å². The molecule has 0 saturated heterocycles. The van der Waals surface area contributed by atoms with Gasteiger partial charge in [0.15, 0.2) is 5.78 Å². The zero-order valence-electron chi connectivity index (χ0n) is 6.31. The number of hydrogen-bond donors (Lipinski definition) is 2. The van der Waals surface area contributed by atoms with Crippen LogP contribution in [0.25, 0.3) is 0 Å². The standard InChI is InChI=1S/C7H10N2O2/c1-8-7(11)5-4-9-3-2-6(5)10/h4,9H,2-3H2,1H3,(H,8,11). The fraction of sp³-hybridized carbons (Fsp3) is 0.429. The molecule has 0 aromatic heterocycles. The molecule has 1 aliphatic rings. The van der Waals surface area contributed by atoms with E-state index in [9.17, 15) is 9.59 Å². The van der Waals surface area contributed by atoms with Crippen LogP contribution < -0.4 is 10.6 Å². The number of ketones is 1. The zero-order chi connectivity index (χ0) is 8.27. The predicted molar refractivity (Wildman–Crippen MR) is 39.8 cm³/mol. The monoisotopic (exact) mass is 154 g/mol. The van der Waals surface area contributed by atoms with Gasteiger partial charge in [-0.05, 0) is 0 Å². The average molecular weight is 154 g/mol. The van der Waals surface area contributed by atoms with Gasteiger partial charge in [0, 0.05) is 26.2 Å². The van der Waals surface area contributed by atoms with Gasteiger partial charge in [0.25, 0.3) is 5.91 Å². The van der Waals surface area contributed by atoms with Crippen LogP contribution in [0.15, 0.2) is 11.8 Å². The van der Waals surface area contributed by atoms with Gasteiger partial charge in [0.2, 0.25) is 0 Å². The van der Waals surface area contributed by atoms with Crippen molar-refractivity contribution in [3.05, 3.63) is 11.8 Å². The summed E-state index contributed by atoms with van der Waals surface area (Å²) in [5.41, 5.74) is 0.221. The number of Topliss-reactive ketones (excluding diaryl/α,β-unsaturated/α-hetero) is 1. The van der Waals surface area contributed by atoms with Crippen LogP contribution >= 0.6 is 0 Å². The molecule has 0 aromatic carbocycles. The Bertz CT molecular complexity index is 220. The number of nitrogens with one attached hydrogen (secondary N) is 2. The SMILES string of the molecule is CNC(=O)C1=CNCCC1=O. The molecule has 0 spiro atoms. The maximum absolute atomic E-state index is 11.0. The van der Waals surface area contributed by atoms with Crippen molar-refractivity contribution < 1.29 is 9.59 Å². The highest BCUT2D eigenvalue weighted by Crippen LogP contribution is 2.02. The minimum absolute atomic E-state index is 0.0944. The van der Waals surface area contributed by atoms with Gasteiger partial charge >= 0.3 is 0 Å². The highest BCUT2D eigenvalue weighted by Gasteiger charge is 2.18. The van der Waals surface area contributed by atoms with Crippen LogP contribution in [0.2, 0.25) is 0 Å². The van der Waals surface area contributed by atoms with Crippen molar-refractivity contribution in [3.63, 3.8) is 0 Å². The molecular weight excluding hydrogens is 144 g/mol. The van der Waals surface area contributed by atoms with Crippen molar-refractivity contribution in [2.24, 2.45) is 0 Å². The summed E-state index contributed by atoms with van der Waals surface area (Å²) >= 11 is 0. The Morgan fingerprint density at radius 1 is 1.73 bits per heavy atom. The van der Waals surface area contributed by atoms with E-state index in [1.54, 1.807) is 0 Å². The van der Waals surface area contributed by atoms with E-state index in [0.717, 1.165) is 0 Å². The Morgan fingerprint density at radius 2 is 2.45 bits per heavy atom. The van der Waals surface area contributed by atoms with E-state index >= 15 is 0 Å². The van der Waals surface area contributed by atoms with Crippen LogP contribution in [0.4, 0.5) is 0 Å². The van der Waals surface area contributed by atoms with Crippen LogP contribution in [0, 0.1) is 0 Å². The zero-order valence-corrected chi connectivity index (χ0v) is 6.31. The summed E-state index contributed by atoms with van der Waals surface area (Å²) in [5.74, 6) is -0.412. The van der Waals surface area contributed by atoms with Crippen LogP contribution in [-0.4, -0.2) is 25.3 Å². The van der Waals surface area contributed by atoms with Gasteiger partial charge in [-0.3, -0.25) is 9.59 Å². The first-order chi connectivity index (χ1) is 5.25. The van der Waals surface area contributed by atoms with Gasteiger partial charge in [-0.2, -0.15) is 0 Å². The van der Waals surface area contributed by atoms with Gasteiger partial charge < -0.3 is 10.6 Å². The summed E-state index contributed by atoms with van der Waals surface area (Å²) in [4.78, 5) is 22.0. The van der Waals surface area contributed by atoms with Crippen molar-refractivity contribution in [1.82, 2.24) is 10.6 Å². The molecule has 4 nitrogen and oxygen atoms in total. The lowest BCUT2D eigenvalue weighted by molar-refractivity contribution is -0.122. The van der Waals surface area contributed by atoms with E-state index in [-0.39, 0.29) is 17.3 Å². The Morgan fingerprint density at radius 3 is 3.00 bits per heavy atom. The third-order valence-corrected chi connectivity index (χ3v) is 1.51. The lowest BCUT2D eigenvalue weighted by Crippen LogP contribution is -2.31. The Kier molecular flexibility index (Phi) is 2.25. The first-order valence-corrected chi connectivity index (χ1v) is 3.44. The van der Waals surface area contributed by atoms with Crippen LogP contribution in [0.5, 0.6) is 0 Å². The van der Waals surface area contributed by atoms with Crippen molar-refractivity contribution in [1.29, 1.82) is 0 Å². The molecule has 11 heavy (non-hydrogen) atoms. The van der Waals surface area contributed by atoms with Gasteiger partial charge in [0.1, 0.15) is 0 Å². The number of carbonyl (C=O) groups is 2. The maximum Gasteiger partial charge on any atom is 0.256 e. The van der Waals surface area contributed by atoms with Crippen LogP contribution in [0.3, 0.4) is 0 Å². The lowest BCUT2D eigenvalue weighted by atomic mass is 10.1. The van der Waals surface area contributed by atoms with E-state index < -0.39 is 0 Å². The number of likely N-dealkylation sites (N-methyl/N-ethyl adjacent to an activating group) is 1. The summed E-state index contributed by atoms with van der Waals surface area (Å²) in [6, 6.07) is 0. The molecule has 0 saturated carbocycles. The minimum atomic E-state index is -0.317. The summed E-state index contributed by atoms with van der Waals surface area (Å²) < 4.78 is 0. The second kappa shape index (κ2) is 3.18. The molecule has 2 N–H and O–H groups in total. The molecule has 1 heterocycles. The second-order valence-electron chi connectivity index (χ2n) is 2.26. The normalized spacial score (nSPS) is 16.8. The quantitative estimate of drug-likeness (QED) is 0.485. The molecule has 0 radical (unpaired) electrons. The molecule has 60 valence electrons. The first kappa shape index (κ1) is 7.78. The van der Waals surface area contributed by atoms with Crippen molar-refractivity contribution in [3.8, 4) is 0 Å². The summed E-state index contributed by atoms with van der Waals surface area (Å²) in [6.45, 7) is 0.624. The van der Waals surface area contributed by atoms with E-state index in [1.807, 2.05) is 0 Å². The average Bonchev–Trinajstić information content (AvgIpc) is 2.04.